The average molecular weight is 170 g/mol. The maximum absolute atomic E-state index is 10.2. The molecule has 0 aromatic heterocycles. The van der Waals surface area contributed by atoms with Crippen LogP contribution in [0.1, 0.15) is 5.56 Å². The number of hydrogen-bond donors (Lipinski definition) is 0. The van der Waals surface area contributed by atoms with E-state index in [1.807, 2.05) is 30.3 Å². The van der Waals surface area contributed by atoms with Gasteiger partial charge in [0, 0.05) is 5.56 Å². The number of carbonyl (C=O) groups excluding carboxylic acids is 1. The third kappa shape index (κ3) is 1.45. The highest BCUT2D eigenvalue weighted by molar-refractivity contribution is 6.12. The van der Waals surface area contributed by atoms with Gasteiger partial charge >= 0.3 is 0 Å². The first-order valence-electron chi connectivity index (χ1n) is 3.83. The second-order valence-electron chi connectivity index (χ2n) is 2.55. The Morgan fingerprint density at radius 3 is 2.54 bits per heavy atom. The zero-order valence-electron chi connectivity index (χ0n) is 6.77. The summed E-state index contributed by atoms with van der Waals surface area (Å²) in [5.74, 6) is 2.26. The van der Waals surface area contributed by atoms with Crippen molar-refractivity contribution in [3.05, 3.63) is 41.6 Å². The Morgan fingerprint density at radius 1 is 1.15 bits per heavy atom. The van der Waals surface area contributed by atoms with Crippen LogP contribution in [-0.4, -0.2) is 18.0 Å². The lowest BCUT2D eigenvalue weighted by atomic mass is 10.2. The number of amidine groups is 1. The van der Waals surface area contributed by atoms with Crippen molar-refractivity contribution in [2.45, 2.75) is 0 Å². The van der Waals surface area contributed by atoms with Crippen LogP contribution in [0.25, 0.3) is 0 Å². The van der Waals surface area contributed by atoms with E-state index in [9.17, 15) is 4.79 Å². The van der Waals surface area contributed by atoms with E-state index in [4.69, 9.17) is 0 Å². The van der Waals surface area contributed by atoms with E-state index in [1.54, 1.807) is 5.94 Å². The molecule has 3 nitrogen and oxygen atoms in total. The molecule has 62 valence electrons. The molecule has 0 aliphatic carbocycles. The average Bonchev–Trinajstić information content (AvgIpc) is 2.67. The molecule has 1 aliphatic rings. The van der Waals surface area contributed by atoms with Gasteiger partial charge in [0.1, 0.15) is 0 Å². The van der Waals surface area contributed by atoms with Crippen molar-refractivity contribution in [1.29, 1.82) is 0 Å². The fraction of sp³-hybridized carbons (Fsp3) is 0. The van der Waals surface area contributed by atoms with Crippen LogP contribution in [0.15, 0.2) is 46.0 Å². The van der Waals surface area contributed by atoms with Crippen LogP contribution in [0, 0.1) is 0 Å². The normalized spacial score (nSPS) is 14.2. The smallest absolute Gasteiger partial charge is 0.167 e. The lowest BCUT2D eigenvalue weighted by molar-refractivity contribution is 0.568. The number of rotatable bonds is 1. The Kier molecular flexibility index (Phi) is 1.87. The number of benzene rings is 1. The molecule has 13 heavy (non-hydrogen) atoms. The Balaban J connectivity index is 2.41. The van der Waals surface area contributed by atoms with Crippen LogP contribution < -0.4 is 0 Å². The summed E-state index contributed by atoms with van der Waals surface area (Å²) in [5.41, 5.74) is 1.16. The molecule has 0 saturated heterocycles. The van der Waals surface area contributed by atoms with Crippen molar-refractivity contribution in [3.63, 3.8) is 0 Å². The van der Waals surface area contributed by atoms with Gasteiger partial charge in [0.05, 0.1) is 6.21 Å². The Bertz CT molecular complexity index is 425. The number of allylic oxidation sites excluding steroid dienone is 1. The molecule has 0 unspecified atom stereocenters. The van der Waals surface area contributed by atoms with E-state index in [2.05, 4.69) is 9.98 Å². The minimum absolute atomic E-state index is 0.249. The largest absolute Gasteiger partial charge is 0.234 e. The molecule has 0 radical (unpaired) electrons. The Morgan fingerprint density at radius 2 is 1.92 bits per heavy atom. The second kappa shape index (κ2) is 3.17. The zero-order valence-corrected chi connectivity index (χ0v) is 6.77. The van der Waals surface area contributed by atoms with Gasteiger partial charge in [-0.1, -0.05) is 30.3 Å². The van der Waals surface area contributed by atoms with Gasteiger partial charge in [-0.2, -0.15) is 0 Å². The molecule has 0 N–H and O–H groups in total. The second-order valence-corrected chi connectivity index (χ2v) is 2.55. The minimum Gasteiger partial charge on any atom is -0.234 e. The summed E-state index contributed by atoms with van der Waals surface area (Å²) in [4.78, 5) is 18.2. The molecule has 1 heterocycles. The molecule has 0 amide bonds. The van der Waals surface area contributed by atoms with Gasteiger partial charge in [0.2, 0.25) is 0 Å². The molecule has 1 aliphatic heterocycles. The number of aliphatic imine (C=N–C) groups is 2. The van der Waals surface area contributed by atoms with Crippen molar-refractivity contribution in [2.24, 2.45) is 9.98 Å². The Labute approximate surface area is 75.1 Å². The first kappa shape index (κ1) is 7.65. The minimum atomic E-state index is 0.249. The van der Waals surface area contributed by atoms with Crippen molar-refractivity contribution in [1.82, 2.24) is 0 Å². The van der Waals surface area contributed by atoms with E-state index < -0.39 is 0 Å². The molecule has 0 saturated carbocycles. The van der Waals surface area contributed by atoms with Gasteiger partial charge in [0.15, 0.2) is 17.5 Å². The zero-order chi connectivity index (χ0) is 9.10. The summed E-state index contributed by atoms with van der Waals surface area (Å²) in [6.45, 7) is 0. The van der Waals surface area contributed by atoms with Gasteiger partial charge in [-0.3, -0.25) is 0 Å². The number of nitrogens with zero attached hydrogens (tertiary/aromatic N) is 2. The van der Waals surface area contributed by atoms with Crippen LogP contribution >= 0.6 is 0 Å². The van der Waals surface area contributed by atoms with Crippen molar-refractivity contribution in [3.8, 4) is 0 Å². The van der Waals surface area contributed by atoms with Crippen molar-refractivity contribution >= 4 is 18.0 Å². The highest BCUT2D eigenvalue weighted by Gasteiger charge is 2.07. The van der Waals surface area contributed by atoms with Gasteiger partial charge in [-0.05, 0) is 0 Å². The van der Waals surface area contributed by atoms with Crippen molar-refractivity contribution in [2.75, 3.05) is 0 Å². The molecule has 3 heteroatoms. The maximum Gasteiger partial charge on any atom is 0.167 e. The van der Waals surface area contributed by atoms with Crippen LogP contribution in [0.3, 0.4) is 0 Å². The van der Waals surface area contributed by atoms with E-state index in [1.165, 1.54) is 6.21 Å². The third-order valence-corrected chi connectivity index (χ3v) is 1.67. The highest BCUT2D eigenvalue weighted by atomic mass is 16.1. The van der Waals surface area contributed by atoms with E-state index >= 15 is 0 Å². The summed E-state index contributed by atoms with van der Waals surface area (Å²) in [7, 11) is 0. The third-order valence-electron chi connectivity index (χ3n) is 1.67. The maximum atomic E-state index is 10.2. The highest BCUT2D eigenvalue weighted by Crippen LogP contribution is 2.08. The first-order chi connectivity index (χ1) is 6.40. The molecular weight excluding hydrogens is 164 g/mol. The van der Waals surface area contributed by atoms with E-state index in [0.717, 1.165) is 5.56 Å². The molecule has 0 fully saturated rings. The van der Waals surface area contributed by atoms with Crippen LogP contribution in [0.5, 0.6) is 0 Å². The van der Waals surface area contributed by atoms with Gasteiger partial charge in [-0.25, -0.2) is 14.8 Å². The summed E-state index contributed by atoms with van der Waals surface area (Å²) in [6, 6.07) is 9.50. The SMILES string of the molecule is O=C=C1C=NC(c2ccccc2)=N1. The van der Waals surface area contributed by atoms with E-state index in [0.29, 0.717) is 5.84 Å². The van der Waals surface area contributed by atoms with Crippen LogP contribution in [0.4, 0.5) is 0 Å². The topological polar surface area (TPSA) is 41.8 Å². The van der Waals surface area contributed by atoms with Gasteiger partial charge in [0.25, 0.3) is 0 Å². The van der Waals surface area contributed by atoms with Crippen LogP contribution in [0.2, 0.25) is 0 Å². The number of hydrogen-bond acceptors (Lipinski definition) is 3. The molecule has 1 aromatic rings. The predicted molar refractivity (Wildman–Crippen MR) is 50.7 cm³/mol. The van der Waals surface area contributed by atoms with Crippen LogP contribution in [-0.2, 0) is 4.79 Å². The fourth-order valence-corrected chi connectivity index (χ4v) is 1.07. The first-order valence-corrected chi connectivity index (χ1v) is 3.83. The van der Waals surface area contributed by atoms with Gasteiger partial charge in [-0.15, -0.1) is 0 Å². The summed E-state index contributed by atoms with van der Waals surface area (Å²) < 4.78 is 0. The lowest BCUT2D eigenvalue weighted by Crippen LogP contribution is -1.91. The predicted octanol–water partition coefficient (Wildman–Crippen LogP) is 1.23. The quantitative estimate of drug-likeness (QED) is 0.584. The fourth-order valence-electron chi connectivity index (χ4n) is 1.07. The monoisotopic (exact) mass is 170 g/mol. The molecule has 2 rings (SSSR count). The molecule has 0 bridgehead atoms. The van der Waals surface area contributed by atoms with E-state index in [-0.39, 0.29) is 5.70 Å². The van der Waals surface area contributed by atoms with Gasteiger partial charge < -0.3 is 0 Å². The summed E-state index contributed by atoms with van der Waals surface area (Å²) in [6.07, 6.45) is 1.41. The van der Waals surface area contributed by atoms with Crippen molar-refractivity contribution < 1.29 is 4.79 Å². The standard InChI is InChI=1S/C10H6N2O/c13-7-9-6-11-10(12-9)8-4-2-1-3-5-8/h1-6H. The molecule has 0 atom stereocenters. The molecule has 0 spiro atoms. The summed E-state index contributed by atoms with van der Waals surface area (Å²) >= 11 is 0. The summed E-state index contributed by atoms with van der Waals surface area (Å²) in [5, 5.41) is 0. The molecular formula is C10H6N2O. The lowest BCUT2D eigenvalue weighted by Gasteiger charge is -1.93. The molecule has 1 aromatic carbocycles. The Hall–Kier alpha value is -1.99.